The van der Waals surface area contributed by atoms with Crippen LogP contribution in [-0.2, 0) is 14.4 Å². The van der Waals surface area contributed by atoms with Gasteiger partial charge in [-0.25, -0.2) is 4.39 Å². The molecule has 3 rings (SSSR count). The van der Waals surface area contributed by atoms with Gasteiger partial charge in [-0.3, -0.25) is 14.4 Å². The Labute approximate surface area is 148 Å². The predicted octanol–water partition coefficient (Wildman–Crippen LogP) is 2.31. The predicted molar refractivity (Wildman–Crippen MR) is 91.5 cm³/mol. The van der Waals surface area contributed by atoms with E-state index in [9.17, 15) is 23.9 Å². The van der Waals surface area contributed by atoms with Gasteiger partial charge in [0.2, 0.25) is 11.8 Å². The highest BCUT2D eigenvalue weighted by molar-refractivity contribution is 7.99. The lowest BCUT2D eigenvalue weighted by Crippen LogP contribution is -2.48. The summed E-state index contributed by atoms with van der Waals surface area (Å²) in [5.74, 6) is -1.54. The van der Waals surface area contributed by atoms with Crippen molar-refractivity contribution in [1.29, 1.82) is 0 Å². The molecule has 134 valence electrons. The van der Waals surface area contributed by atoms with Gasteiger partial charge in [-0.2, -0.15) is 0 Å². The number of carboxylic acid groups (broad SMARTS) is 1. The molecule has 2 aliphatic rings. The fourth-order valence-corrected chi connectivity index (χ4v) is 4.33. The van der Waals surface area contributed by atoms with Crippen molar-refractivity contribution < 1.29 is 23.9 Å². The number of carbonyl (C=O) groups is 3. The Morgan fingerprint density at radius 3 is 2.64 bits per heavy atom. The zero-order chi connectivity index (χ0) is 18.0. The van der Waals surface area contributed by atoms with Gasteiger partial charge in [0, 0.05) is 12.2 Å². The number of anilines is 1. The highest BCUT2D eigenvalue weighted by Gasteiger charge is 2.48. The van der Waals surface area contributed by atoms with Gasteiger partial charge in [0.05, 0.1) is 17.0 Å². The summed E-state index contributed by atoms with van der Waals surface area (Å²) in [6, 6.07) is 5.11. The van der Waals surface area contributed by atoms with Gasteiger partial charge in [-0.05, 0) is 25.0 Å². The second-order valence-electron chi connectivity index (χ2n) is 6.46. The number of benzene rings is 1. The van der Waals surface area contributed by atoms with Crippen LogP contribution in [0.2, 0.25) is 0 Å². The van der Waals surface area contributed by atoms with Crippen LogP contribution in [0.1, 0.15) is 25.7 Å². The number of hydrogen-bond acceptors (Lipinski definition) is 4. The average Bonchev–Trinajstić information content (AvgIpc) is 3.02. The molecular formula is C17H19FN2O4S. The van der Waals surface area contributed by atoms with E-state index in [-0.39, 0.29) is 18.0 Å². The maximum atomic E-state index is 13.7. The second-order valence-corrected chi connectivity index (χ2v) is 7.46. The monoisotopic (exact) mass is 366 g/mol. The Morgan fingerprint density at radius 1 is 1.32 bits per heavy atom. The highest BCUT2D eigenvalue weighted by atomic mass is 32.2. The average molecular weight is 366 g/mol. The maximum Gasteiger partial charge on any atom is 0.310 e. The molecule has 2 fully saturated rings. The van der Waals surface area contributed by atoms with E-state index < -0.39 is 29.2 Å². The van der Waals surface area contributed by atoms with Crippen LogP contribution in [0.4, 0.5) is 10.1 Å². The summed E-state index contributed by atoms with van der Waals surface area (Å²) >= 11 is 1.42. The van der Waals surface area contributed by atoms with Gasteiger partial charge in [-0.1, -0.05) is 18.6 Å². The first-order valence-electron chi connectivity index (χ1n) is 8.09. The third kappa shape index (κ3) is 3.49. The summed E-state index contributed by atoms with van der Waals surface area (Å²) in [4.78, 5) is 37.9. The van der Waals surface area contributed by atoms with Crippen molar-refractivity contribution in [2.75, 3.05) is 16.9 Å². The number of aliphatic carboxylic acids is 1. The molecule has 0 radical (unpaired) electrons. The lowest BCUT2D eigenvalue weighted by Gasteiger charge is -2.38. The summed E-state index contributed by atoms with van der Waals surface area (Å²) in [5.41, 5.74) is -0.922. The topological polar surface area (TPSA) is 86.7 Å². The van der Waals surface area contributed by atoms with Crippen molar-refractivity contribution in [3.05, 3.63) is 30.1 Å². The molecule has 1 aliphatic carbocycles. The summed E-state index contributed by atoms with van der Waals surface area (Å²) in [7, 11) is 0. The van der Waals surface area contributed by atoms with Gasteiger partial charge >= 0.3 is 5.97 Å². The standard InChI is InChI=1S/C17H19FN2O4S/c18-11-4-1-2-5-12(11)19-15(22)13-9-25-10-20(13)14(21)8-17(16(23)24)6-3-7-17/h1-2,4-5,13H,3,6-10H2,(H,19,22)(H,23,24). The van der Waals surface area contributed by atoms with Crippen molar-refractivity contribution in [1.82, 2.24) is 4.90 Å². The lowest BCUT2D eigenvalue weighted by atomic mass is 9.66. The van der Waals surface area contributed by atoms with Crippen LogP contribution < -0.4 is 5.32 Å². The first-order chi connectivity index (χ1) is 11.9. The minimum absolute atomic E-state index is 0.0674. The van der Waals surface area contributed by atoms with Crippen LogP contribution in [-0.4, -0.2) is 45.5 Å². The van der Waals surface area contributed by atoms with Crippen LogP contribution in [0.25, 0.3) is 0 Å². The quantitative estimate of drug-likeness (QED) is 0.835. The molecule has 1 heterocycles. The summed E-state index contributed by atoms with van der Waals surface area (Å²) in [6.07, 6.45) is 1.68. The Hall–Kier alpha value is -2.09. The van der Waals surface area contributed by atoms with E-state index in [1.165, 1.54) is 34.9 Å². The smallest absolute Gasteiger partial charge is 0.310 e. The Balaban J connectivity index is 1.67. The lowest BCUT2D eigenvalue weighted by molar-refractivity contribution is -0.159. The minimum atomic E-state index is -0.989. The first kappa shape index (κ1) is 17.7. The normalized spacial score (nSPS) is 21.5. The molecule has 0 bridgehead atoms. The van der Waals surface area contributed by atoms with Gasteiger partial charge in [0.25, 0.3) is 0 Å². The van der Waals surface area contributed by atoms with E-state index in [1.807, 2.05) is 0 Å². The fraction of sp³-hybridized carbons (Fsp3) is 0.471. The third-order valence-corrected chi connectivity index (χ3v) is 5.90. The number of thioether (sulfide) groups is 1. The largest absolute Gasteiger partial charge is 0.481 e. The Kier molecular flexibility index (Phi) is 4.99. The van der Waals surface area contributed by atoms with Crippen LogP contribution >= 0.6 is 11.8 Å². The van der Waals surface area contributed by atoms with Gasteiger partial charge in [-0.15, -0.1) is 11.8 Å². The second kappa shape index (κ2) is 7.03. The van der Waals surface area contributed by atoms with E-state index in [0.717, 1.165) is 6.42 Å². The first-order valence-corrected chi connectivity index (χ1v) is 9.24. The van der Waals surface area contributed by atoms with Crippen LogP contribution in [0, 0.1) is 11.2 Å². The number of hydrogen-bond donors (Lipinski definition) is 2. The molecule has 1 saturated carbocycles. The molecule has 2 amide bonds. The van der Waals surface area contributed by atoms with Crippen molar-refractivity contribution in [2.45, 2.75) is 31.7 Å². The fourth-order valence-electron chi connectivity index (χ4n) is 3.15. The molecule has 0 spiro atoms. The number of nitrogens with one attached hydrogen (secondary N) is 1. The molecular weight excluding hydrogens is 347 g/mol. The molecule has 1 unspecified atom stereocenters. The molecule has 1 aromatic rings. The van der Waals surface area contributed by atoms with Gasteiger partial charge < -0.3 is 15.3 Å². The summed E-state index contributed by atoms with van der Waals surface area (Å²) in [5, 5.41) is 11.9. The Bertz CT molecular complexity index is 708. The zero-order valence-corrected chi connectivity index (χ0v) is 14.4. The van der Waals surface area contributed by atoms with Crippen molar-refractivity contribution in [3.63, 3.8) is 0 Å². The van der Waals surface area contributed by atoms with Crippen molar-refractivity contribution in [3.8, 4) is 0 Å². The molecule has 25 heavy (non-hydrogen) atoms. The zero-order valence-electron chi connectivity index (χ0n) is 13.5. The molecule has 1 aromatic carbocycles. The molecule has 8 heteroatoms. The van der Waals surface area contributed by atoms with E-state index in [1.54, 1.807) is 6.07 Å². The SMILES string of the molecule is O=C(Nc1ccccc1F)C1CSCN1C(=O)CC1(C(=O)O)CCC1. The maximum absolute atomic E-state index is 13.7. The van der Waals surface area contributed by atoms with E-state index >= 15 is 0 Å². The summed E-state index contributed by atoms with van der Waals surface area (Å²) in [6.45, 7) is 0. The molecule has 6 nitrogen and oxygen atoms in total. The van der Waals surface area contributed by atoms with Gasteiger partial charge in [0.1, 0.15) is 11.9 Å². The molecule has 0 aromatic heterocycles. The highest BCUT2D eigenvalue weighted by Crippen LogP contribution is 2.45. The Morgan fingerprint density at radius 2 is 2.04 bits per heavy atom. The minimum Gasteiger partial charge on any atom is -0.481 e. The van der Waals surface area contributed by atoms with Crippen LogP contribution in [0.5, 0.6) is 0 Å². The third-order valence-electron chi connectivity index (χ3n) is 4.89. The number of amides is 2. The number of para-hydroxylation sites is 1. The van der Waals surface area contributed by atoms with Crippen LogP contribution in [0.15, 0.2) is 24.3 Å². The number of nitrogens with zero attached hydrogens (tertiary/aromatic N) is 1. The van der Waals surface area contributed by atoms with Crippen LogP contribution in [0.3, 0.4) is 0 Å². The van der Waals surface area contributed by atoms with Crippen molar-refractivity contribution >= 4 is 35.2 Å². The number of carbonyl (C=O) groups excluding carboxylic acids is 2. The molecule has 1 atom stereocenters. The molecule has 1 aliphatic heterocycles. The van der Waals surface area contributed by atoms with E-state index in [4.69, 9.17) is 0 Å². The van der Waals surface area contributed by atoms with Crippen molar-refractivity contribution in [2.24, 2.45) is 5.41 Å². The summed E-state index contributed by atoms with van der Waals surface area (Å²) < 4.78 is 13.7. The van der Waals surface area contributed by atoms with E-state index in [2.05, 4.69) is 5.32 Å². The molecule has 2 N–H and O–H groups in total. The number of carboxylic acids is 1. The van der Waals surface area contributed by atoms with Gasteiger partial charge in [0.15, 0.2) is 0 Å². The van der Waals surface area contributed by atoms with E-state index in [0.29, 0.717) is 24.5 Å². The molecule has 1 saturated heterocycles. The number of halogens is 1. The number of rotatable bonds is 5.